The molecule has 2 aromatic carbocycles. The van der Waals surface area contributed by atoms with Crippen molar-refractivity contribution < 1.29 is 57.8 Å². The number of phenolic OH excluding ortho intramolecular Hbond substituents is 1. The number of nitrogens with one attached hydrogen (secondary N) is 9. The molecule has 1 heterocycles. The van der Waals surface area contributed by atoms with Crippen molar-refractivity contribution in [3.63, 3.8) is 0 Å². The maximum Gasteiger partial charge on any atom is 0.245 e. The van der Waals surface area contributed by atoms with Crippen LogP contribution >= 0.6 is 0 Å². The Labute approximate surface area is 519 Å². The summed E-state index contributed by atoms with van der Waals surface area (Å²) in [5, 5.41) is 33.4. The molecule has 3 rings (SSSR count). The number of carbonyl (C=O) groups is 11. The first-order valence-corrected chi connectivity index (χ1v) is 30.1. The number of nitrogens with zero attached hydrogens (tertiary/aromatic N) is 3. The van der Waals surface area contributed by atoms with Crippen LogP contribution in [-0.4, -0.2) is 175 Å². The van der Waals surface area contributed by atoms with Gasteiger partial charge in [0.25, 0.3) is 0 Å². The molecule has 1 fully saturated rings. The molecule has 9 atom stereocenters. The zero-order chi connectivity index (χ0) is 66.2. The Hall–Kier alpha value is -9.09. The molecule has 0 aliphatic carbocycles. The van der Waals surface area contributed by atoms with E-state index in [9.17, 15) is 57.8 Å². The average Bonchev–Trinajstić information content (AvgIpc) is 2.27. The smallest absolute Gasteiger partial charge is 0.245 e. The number of rotatable bonds is 39. The quantitative estimate of drug-likeness (QED) is 0.0176. The zero-order valence-electron chi connectivity index (χ0n) is 51.6. The van der Waals surface area contributed by atoms with E-state index in [0.717, 1.165) is 0 Å². The summed E-state index contributed by atoms with van der Waals surface area (Å²) in [5.41, 5.74) is 34.8. The van der Waals surface area contributed by atoms with Crippen LogP contribution in [0.5, 0.6) is 5.75 Å². The highest BCUT2D eigenvalue weighted by Crippen LogP contribution is 2.22. The summed E-state index contributed by atoms with van der Waals surface area (Å²) in [7, 11) is 0. The van der Waals surface area contributed by atoms with Crippen molar-refractivity contribution in [2.24, 2.45) is 56.2 Å². The number of likely N-dealkylation sites (tertiary alicyclic amines) is 1. The molecule has 0 aromatic heterocycles. The molecule has 1 saturated heterocycles. The number of amides is 11. The molecule has 1 aliphatic heterocycles. The summed E-state index contributed by atoms with van der Waals surface area (Å²) in [5.74, 6) is -9.08. The maximum absolute atomic E-state index is 14.6. The van der Waals surface area contributed by atoms with Gasteiger partial charge in [0.05, 0.1) is 13.1 Å². The van der Waals surface area contributed by atoms with Gasteiger partial charge in [-0.25, -0.2) is 0 Å². The molecule has 1 aliphatic rings. The fourth-order valence-corrected chi connectivity index (χ4v) is 9.71. The Morgan fingerprint density at radius 1 is 0.584 bits per heavy atom. The monoisotopic (exact) mass is 1250 g/mol. The van der Waals surface area contributed by atoms with E-state index in [4.69, 9.17) is 34.4 Å². The molecule has 11 amide bonds. The van der Waals surface area contributed by atoms with Crippen LogP contribution in [0.1, 0.15) is 116 Å². The molecular formula is C59H94N18O12. The lowest BCUT2D eigenvalue weighted by Gasteiger charge is -2.32. The molecule has 0 bridgehead atoms. The first kappa shape index (κ1) is 74.2. The Balaban J connectivity index is 1.86. The second-order valence-electron chi connectivity index (χ2n) is 22.4. The Morgan fingerprint density at radius 3 is 1.70 bits per heavy atom. The van der Waals surface area contributed by atoms with Crippen LogP contribution < -0.4 is 82.3 Å². The summed E-state index contributed by atoms with van der Waals surface area (Å²) in [6.45, 7) is 7.75. The molecular weight excluding hydrogens is 1150 g/mol. The normalized spacial score (nSPS) is 15.4. The Kier molecular flexibility index (Phi) is 32.4. The van der Waals surface area contributed by atoms with Gasteiger partial charge in [-0.15, -0.1) is 0 Å². The van der Waals surface area contributed by atoms with Crippen molar-refractivity contribution in [2.45, 2.75) is 166 Å². The molecule has 89 heavy (non-hydrogen) atoms. The molecule has 0 spiro atoms. The molecule has 22 N–H and O–H groups in total. The molecule has 0 saturated carbocycles. The van der Waals surface area contributed by atoms with Crippen LogP contribution in [0.25, 0.3) is 0 Å². The van der Waals surface area contributed by atoms with Gasteiger partial charge in [-0.05, 0) is 106 Å². The molecule has 492 valence electrons. The van der Waals surface area contributed by atoms with Crippen LogP contribution in [0.2, 0.25) is 0 Å². The highest BCUT2D eigenvalue weighted by Gasteiger charge is 2.40. The number of nitrogens with two attached hydrogens (primary N) is 6. The van der Waals surface area contributed by atoms with Gasteiger partial charge in [0.15, 0.2) is 11.9 Å². The highest BCUT2D eigenvalue weighted by atomic mass is 16.3. The summed E-state index contributed by atoms with van der Waals surface area (Å²) in [4.78, 5) is 159. The Bertz CT molecular complexity index is 2740. The van der Waals surface area contributed by atoms with Crippen molar-refractivity contribution in [3.05, 3.63) is 65.7 Å². The van der Waals surface area contributed by atoms with E-state index in [2.05, 4.69) is 57.8 Å². The first-order valence-electron chi connectivity index (χ1n) is 30.1. The Morgan fingerprint density at radius 2 is 1.12 bits per heavy atom. The van der Waals surface area contributed by atoms with Crippen LogP contribution in [-0.2, 0) is 65.6 Å². The lowest BCUT2D eigenvalue weighted by atomic mass is 9.96. The third-order valence-electron chi connectivity index (χ3n) is 14.6. The van der Waals surface area contributed by atoms with E-state index in [-0.39, 0.29) is 101 Å². The summed E-state index contributed by atoms with van der Waals surface area (Å²) in [6, 6.07) is 5.00. The van der Waals surface area contributed by atoms with Crippen molar-refractivity contribution in [2.75, 3.05) is 39.3 Å². The lowest BCUT2D eigenvalue weighted by molar-refractivity contribution is -0.142. The van der Waals surface area contributed by atoms with Gasteiger partial charge in [-0.3, -0.25) is 62.7 Å². The number of benzene rings is 2. The van der Waals surface area contributed by atoms with Gasteiger partial charge in [0.1, 0.15) is 54.1 Å². The highest BCUT2D eigenvalue weighted by molar-refractivity contribution is 5.98. The van der Waals surface area contributed by atoms with Crippen LogP contribution in [0, 0.1) is 11.8 Å². The summed E-state index contributed by atoms with van der Waals surface area (Å²) in [6.07, 6.45) is 2.72. The third-order valence-corrected chi connectivity index (χ3v) is 14.6. The van der Waals surface area contributed by atoms with Gasteiger partial charge >= 0.3 is 0 Å². The second-order valence-corrected chi connectivity index (χ2v) is 22.4. The van der Waals surface area contributed by atoms with E-state index in [1.54, 1.807) is 70.2 Å². The zero-order valence-corrected chi connectivity index (χ0v) is 51.6. The maximum atomic E-state index is 14.6. The SMILES string of the molecule is CC[C@H](C)[C@H](NC(=O)[C@H](CCCN=C(N)N)NC(=O)[C@H](CC(C)C)NC(=O)[C@H](Cc1ccccc1)NC(=O)CNC(=O)CNC(=O)[C@H](Cc1ccc(O)cc1)NC(C)=O)C(=O)N[C@@H](CCCN=C(N)N)C(=O)N1CCC[C@H]1C(=O)N[C@@H](CCCCN)C(N)=O. The lowest BCUT2D eigenvalue weighted by Crippen LogP contribution is -2.61. The minimum atomic E-state index is -1.37. The fraction of sp³-hybridized carbons (Fsp3) is 0.576. The predicted molar refractivity (Wildman–Crippen MR) is 333 cm³/mol. The number of unbranched alkanes of at least 4 members (excludes halogenated alkanes) is 1. The predicted octanol–water partition coefficient (Wildman–Crippen LogP) is -3.37. The number of hydrogen-bond donors (Lipinski definition) is 16. The van der Waals surface area contributed by atoms with Crippen molar-refractivity contribution in [1.82, 2.24) is 52.8 Å². The van der Waals surface area contributed by atoms with E-state index in [1.807, 2.05) is 0 Å². The molecule has 30 nitrogen and oxygen atoms in total. The standard InChI is InChI=1S/C59H94N18O12/c1-6-35(4)49(56(88)74-42(19-13-27-67-59(64)65)57(89)77-28-14-20-46(77)55(87)72-40(50(61)82)17-10-11-25-60)76-52(84)41(18-12-26-66-58(62)63)73-53(85)43(29-34(2)3)75-54(86)45(30-37-15-8-7-9-16-37)71-48(81)33-68-47(80)32-69-51(83)44(70-36(5)78)31-38-21-23-39(79)24-22-38/h7-9,15-16,21-24,34-35,40-46,49,79H,6,10-14,17-20,25-33,60H2,1-5H3,(H2,61,82)(H,68,80)(H,69,83)(H,70,78)(H,71,81)(H,72,87)(H,73,85)(H,74,88)(H,75,86)(H,76,84)(H4,62,63,66)(H4,64,65,67)/t35-,40-,41-,42-,43-,44-,45-,46-,49-/m0/s1. The van der Waals surface area contributed by atoms with E-state index in [0.29, 0.717) is 43.4 Å². The third kappa shape index (κ3) is 27.7. The number of primary amides is 1. The number of aromatic hydroxyl groups is 1. The van der Waals surface area contributed by atoms with Gasteiger partial charge < -0.3 is 92.3 Å². The number of carbonyl (C=O) groups excluding carboxylic acids is 11. The first-order chi connectivity index (χ1) is 42.2. The van der Waals surface area contributed by atoms with Crippen LogP contribution in [0.3, 0.4) is 0 Å². The summed E-state index contributed by atoms with van der Waals surface area (Å²) >= 11 is 0. The van der Waals surface area contributed by atoms with Crippen LogP contribution in [0.4, 0.5) is 0 Å². The topological polar surface area (TPSA) is 500 Å². The molecule has 30 heteroatoms. The van der Waals surface area contributed by atoms with Crippen molar-refractivity contribution in [1.29, 1.82) is 0 Å². The second kappa shape index (κ2) is 38.9. The van der Waals surface area contributed by atoms with E-state index >= 15 is 0 Å². The number of aliphatic imine (C=N–C) groups is 2. The van der Waals surface area contributed by atoms with Gasteiger partial charge in [-0.1, -0.05) is 76.6 Å². The van der Waals surface area contributed by atoms with Gasteiger partial charge in [0, 0.05) is 39.4 Å². The largest absolute Gasteiger partial charge is 0.508 e. The summed E-state index contributed by atoms with van der Waals surface area (Å²) < 4.78 is 0. The number of phenols is 1. The van der Waals surface area contributed by atoms with Gasteiger partial charge in [-0.2, -0.15) is 0 Å². The van der Waals surface area contributed by atoms with E-state index < -0.39 is 132 Å². The number of hydrogen-bond acceptors (Lipinski definition) is 15. The van der Waals surface area contributed by atoms with Crippen molar-refractivity contribution in [3.8, 4) is 5.75 Å². The molecule has 0 unspecified atom stereocenters. The minimum Gasteiger partial charge on any atom is -0.508 e. The van der Waals surface area contributed by atoms with Crippen LogP contribution in [0.15, 0.2) is 64.6 Å². The average molecular weight is 1250 g/mol. The minimum absolute atomic E-state index is 0.00470. The van der Waals surface area contributed by atoms with Gasteiger partial charge in [0.2, 0.25) is 65.0 Å². The fourth-order valence-electron chi connectivity index (χ4n) is 9.71. The van der Waals surface area contributed by atoms with Crippen molar-refractivity contribution >= 4 is 76.9 Å². The number of guanidine groups is 2. The molecule has 2 aromatic rings. The molecule has 0 radical (unpaired) electrons. The van der Waals surface area contributed by atoms with E-state index in [1.165, 1.54) is 24.0 Å².